The highest BCUT2D eigenvalue weighted by molar-refractivity contribution is 7.88. The Hall–Kier alpha value is -0.170. The summed E-state index contributed by atoms with van der Waals surface area (Å²) in [7, 11) is -3.08. The van der Waals surface area contributed by atoms with Gasteiger partial charge in [-0.2, -0.15) is 4.31 Å². The molecular formula is C14H27N3O2S. The quantitative estimate of drug-likeness (QED) is 0.855. The van der Waals surface area contributed by atoms with E-state index in [-0.39, 0.29) is 12.2 Å². The number of piperidine rings is 1. The molecule has 2 aliphatic rings. The number of nitrogens with one attached hydrogen (secondary N) is 1. The van der Waals surface area contributed by atoms with Crippen LogP contribution in [0.3, 0.4) is 0 Å². The van der Waals surface area contributed by atoms with E-state index in [1.54, 1.807) is 4.31 Å². The lowest BCUT2D eigenvalue weighted by atomic mass is 9.96. The van der Waals surface area contributed by atoms with Crippen LogP contribution in [0, 0.1) is 0 Å². The van der Waals surface area contributed by atoms with Crippen LogP contribution in [0.5, 0.6) is 0 Å². The van der Waals surface area contributed by atoms with Gasteiger partial charge in [-0.1, -0.05) is 19.3 Å². The third-order valence-corrected chi connectivity index (χ3v) is 5.89. The van der Waals surface area contributed by atoms with Crippen LogP contribution >= 0.6 is 0 Å². The highest BCUT2D eigenvalue weighted by Gasteiger charge is 2.30. The van der Waals surface area contributed by atoms with Crippen LogP contribution in [-0.4, -0.2) is 43.8 Å². The normalized spacial score (nSPS) is 33.8. The van der Waals surface area contributed by atoms with Crippen molar-refractivity contribution in [2.75, 3.05) is 12.8 Å². The summed E-state index contributed by atoms with van der Waals surface area (Å²) in [5.41, 5.74) is 9.76. The van der Waals surface area contributed by atoms with Crippen molar-refractivity contribution in [3.05, 3.63) is 0 Å². The highest BCUT2D eigenvalue weighted by Crippen LogP contribution is 2.25. The predicted octanol–water partition coefficient (Wildman–Crippen LogP) is 1.51. The third-order valence-electron chi connectivity index (χ3n) is 4.56. The Kier molecular flexibility index (Phi) is 5.84. The molecule has 3 unspecified atom stereocenters. The van der Waals surface area contributed by atoms with Crippen molar-refractivity contribution < 1.29 is 8.42 Å². The molecule has 5 nitrogen and oxygen atoms in total. The summed E-state index contributed by atoms with van der Waals surface area (Å²) in [6.45, 7) is 0.671. The van der Waals surface area contributed by atoms with Gasteiger partial charge in [-0.3, -0.25) is 5.32 Å². The molecule has 2 heterocycles. The largest absolute Gasteiger partial charge is 0.297 e. The van der Waals surface area contributed by atoms with Crippen LogP contribution < -0.4 is 11.1 Å². The zero-order valence-corrected chi connectivity index (χ0v) is 13.2. The average Bonchev–Trinajstić information content (AvgIpc) is 2.60. The fraction of sp³-hybridized carbons (Fsp3) is 1.00. The van der Waals surface area contributed by atoms with E-state index in [0.29, 0.717) is 12.6 Å². The Morgan fingerprint density at radius 2 is 1.80 bits per heavy atom. The molecule has 0 aromatic heterocycles. The first-order chi connectivity index (χ1) is 9.47. The van der Waals surface area contributed by atoms with Crippen molar-refractivity contribution >= 4 is 10.0 Å². The Balaban J connectivity index is 1.87. The molecule has 0 saturated carbocycles. The van der Waals surface area contributed by atoms with Crippen LogP contribution in [0.4, 0.5) is 0 Å². The molecule has 0 bridgehead atoms. The molecule has 0 aromatic rings. The number of nitrogens with zero attached hydrogens (tertiary/aromatic N) is 2. The van der Waals surface area contributed by atoms with Gasteiger partial charge in [0.2, 0.25) is 10.0 Å². The molecule has 116 valence electrons. The van der Waals surface area contributed by atoms with Gasteiger partial charge in [-0.05, 0) is 38.5 Å². The minimum atomic E-state index is -3.08. The van der Waals surface area contributed by atoms with E-state index in [1.807, 2.05) is 0 Å². The third kappa shape index (κ3) is 4.69. The number of hydrogen-bond donors (Lipinski definition) is 1. The molecule has 0 amide bonds. The first-order valence-corrected chi connectivity index (χ1v) is 9.72. The summed E-state index contributed by atoms with van der Waals surface area (Å²) in [5, 5.41) is 3.26. The van der Waals surface area contributed by atoms with Crippen molar-refractivity contribution in [2.45, 2.75) is 76.0 Å². The standard InChI is InChI=1S/C14H27N3O2S/c1-20(18,19)17-11-5-4-7-13(17)10-9-12-6-2-3-8-14(15)16-12/h12-14,16H,2-11H2,1H3. The molecule has 2 radical (unpaired) electrons. The summed E-state index contributed by atoms with van der Waals surface area (Å²) in [4.78, 5) is 0. The summed E-state index contributed by atoms with van der Waals surface area (Å²) in [6.07, 6.45) is 9.99. The molecular weight excluding hydrogens is 274 g/mol. The number of sulfonamides is 1. The van der Waals surface area contributed by atoms with Crippen LogP contribution in [0.15, 0.2) is 0 Å². The van der Waals surface area contributed by atoms with E-state index in [2.05, 4.69) is 5.32 Å². The maximum absolute atomic E-state index is 11.8. The molecule has 0 aliphatic carbocycles. The summed E-state index contributed by atoms with van der Waals surface area (Å²) >= 11 is 0. The first-order valence-electron chi connectivity index (χ1n) is 7.88. The molecule has 0 spiro atoms. The van der Waals surface area contributed by atoms with Crippen molar-refractivity contribution in [1.29, 1.82) is 0 Å². The fourth-order valence-electron chi connectivity index (χ4n) is 3.49. The van der Waals surface area contributed by atoms with E-state index in [9.17, 15) is 14.2 Å². The van der Waals surface area contributed by atoms with Crippen LogP contribution in [0.25, 0.3) is 0 Å². The zero-order valence-electron chi connectivity index (χ0n) is 12.4. The molecule has 1 N–H and O–H groups in total. The second kappa shape index (κ2) is 7.20. The van der Waals surface area contributed by atoms with Gasteiger partial charge < -0.3 is 0 Å². The molecule has 2 rings (SSSR count). The predicted molar refractivity (Wildman–Crippen MR) is 79.7 cm³/mol. The fourth-order valence-corrected chi connectivity index (χ4v) is 4.70. The number of rotatable bonds is 4. The maximum atomic E-state index is 11.8. The molecule has 20 heavy (non-hydrogen) atoms. The summed E-state index contributed by atoms with van der Waals surface area (Å²) in [5.74, 6) is 0. The maximum Gasteiger partial charge on any atom is 0.211 e. The molecule has 3 atom stereocenters. The lowest BCUT2D eigenvalue weighted by Gasteiger charge is -2.34. The van der Waals surface area contributed by atoms with Gasteiger partial charge in [0.25, 0.3) is 0 Å². The van der Waals surface area contributed by atoms with E-state index in [1.165, 1.54) is 6.26 Å². The monoisotopic (exact) mass is 301 g/mol. The van der Waals surface area contributed by atoms with Gasteiger partial charge in [-0.15, -0.1) is 5.73 Å². The van der Waals surface area contributed by atoms with E-state index in [4.69, 9.17) is 0 Å². The van der Waals surface area contributed by atoms with Gasteiger partial charge in [-0.25, -0.2) is 8.42 Å². The van der Waals surface area contributed by atoms with Crippen molar-refractivity contribution in [2.24, 2.45) is 0 Å². The van der Waals surface area contributed by atoms with Gasteiger partial charge in [0.1, 0.15) is 0 Å². The first kappa shape index (κ1) is 16.2. The zero-order chi connectivity index (χ0) is 14.6. The van der Waals surface area contributed by atoms with Crippen LogP contribution in [-0.2, 0) is 10.0 Å². The summed E-state index contributed by atoms with van der Waals surface area (Å²) in [6, 6.07) is 0.483. The molecule has 0 aromatic carbocycles. The van der Waals surface area contributed by atoms with Gasteiger partial charge in [0, 0.05) is 18.6 Å². The van der Waals surface area contributed by atoms with Crippen molar-refractivity contribution in [3.8, 4) is 0 Å². The molecule has 2 fully saturated rings. The van der Waals surface area contributed by atoms with Crippen LogP contribution in [0.1, 0.15) is 57.8 Å². The smallest absolute Gasteiger partial charge is 0.211 e. The molecule has 6 heteroatoms. The SMILES string of the molecule is CS(=O)(=O)N1CCCCC1CCC1CCCCC([N])N1. The molecule has 2 saturated heterocycles. The second-order valence-electron chi connectivity index (χ2n) is 6.26. The molecule has 2 aliphatic heterocycles. The van der Waals surface area contributed by atoms with E-state index >= 15 is 0 Å². The minimum Gasteiger partial charge on any atom is -0.297 e. The lowest BCUT2D eigenvalue weighted by Crippen LogP contribution is -2.44. The Bertz CT molecular complexity index is 399. The number of hydrogen-bond acceptors (Lipinski definition) is 3. The van der Waals surface area contributed by atoms with Crippen molar-refractivity contribution in [3.63, 3.8) is 0 Å². The summed E-state index contributed by atoms with van der Waals surface area (Å²) < 4.78 is 25.3. The topological polar surface area (TPSA) is 71.7 Å². The Morgan fingerprint density at radius 3 is 2.55 bits per heavy atom. The van der Waals surface area contributed by atoms with Crippen molar-refractivity contribution in [1.82, 2.24) is 15.4 Å². The van der Waals surface area contributed by atoms with Crippen LogP contribution in [0.2, 0.25) is 0 Å². The van der Waals surface area contributed by atoms with E-state index < -0.39 is 10.0 Å². The second-order valence-corrected chi connectivity index (χ2v) is 8.20. The lowest BCUT2D eigenvalue weighted by molar-refractivity contribution is 0.229. The van der Waals surface area contributed by atoms with E-state index in [0.717, 1.165) is 57.8 Å². The van der Waals surface area contributed by atoms with Gasteiger partial charge in [0.05, 0.1) is 12.4 Å². The highest BCUT2D eigenvalue weighted by atomic mass is 32.2. The minimum absolute atomic E-state index is 0.154. The van der Waals surface area contributed by atoms with Gasteiger partial charge in [0.15, 0.2) is 0 Å². The average molecular weight is 301 g/mol. The van der Waals surface area contributed by atoms with Gasteiger partial charge >= 0.3 is 0 Å². The Morgan fingerprint density at radius 1 is 1.10 bits per heavy atom. The Labute approximate surface area is 123 Å².